The third kappa shape index (κ3) is 3.34. The molecule has 0 bridgehead atoms. The number of pyridine rings is 1. The molecule has 0 saturated carbocycles. The molecule has 0 radical (unpaired) electrons. The summed E-state index contributed by atoms with van der Waals surface area (Å²) in [7, 11) is -3.18. The van der Waals surface area contributed by atoms with Crippen LogP contribution >= 0.6 is 11.8 Å². The Morgan fingerprint density at radius 3 is 2.47 bits per heavy atom. The Balaban J connectivity index is 2.28. The van der Waals surface area contributed by atoms with E-state index in [0.29, 0.717) is 5.69 Å². The van der Waals surface area contributed by atoms with Crippen molar-refractivity contribution in [3.05, 3.63) is 48.3 Å². The molecule has 19 heavy (non-hydrogen) atoms. The number of hydrogen-bond donors (Lipinski definition) is 0. The number of benzene rings is 1. The number of sulfone groups is 1. The van der Waals surface area contributed by atoms with Crippen LogP contribution in [0, 0.1) is 11.3 Å². The normalized spacial score (nSPS) is 10.9. The molecule has 1 aromatic carbocycles. The highest BCUT2D eigenvalue weighted by atomic mass is 32.2. The highest BCUT2D eigenvalue weighted by Gasteiger charge is 2.08. The van der Waals surface area contributed by atoms with Crippen LogP contribution in [-0.2, 0) is 9.84 Å². The van der Waals surface area contributed by atoms with Gasteiger partial charge in [0.1, 0.15) is 6.07 Å². The first-order chi connectivity index (χ1) is 9.00. The van der Waals surface area contributed by atoms with Crippen molar-refractivity contribution in [2.24, 2.45) is 0 Å². The minimum absolute atomic E-state index is 0.281. The molecule has 0 spiro atoms. The van der Waals surface area contributed by atoms with Crippen molar-refractivity contribution in [3.63, 3.8) is 0 Å². The molecule has 2 rings (SSSR count). The Kier molecular flexibility index (Phi) is 3.88. The van der Waals surface area contributed by atoms with Gasteiger partial charge in [-0.05, 0) is 36.4 Å². The lowest BCUT2D eigenvalue weighted by molar-refractivity contribution is 0.602. The van der Waals surface area contributed by atoms with Crippen LogP contribution in [0.25, 0.3) is 0 Å². The van der Waals surface area contributed by atoms with Crippen LogP contribution in [-0.4, -0.2) is 19.7 Å². The zero-order valence-electron chi connectivity index (χ0n) is 10.1. The Hall–Kier alpha value is -1.84. The summed E-state index contributed by atoms with van der Waals surface area (Å²) in [4.78, 5) is 5.86. The molecule has 0 saturated heterocycles. The van der Waals surface area contributed by atoms with Gasteiger partial charge in [0.05, 0.1) is 4.90 Å². The van der Waals surface area contributed by atoms with Gasteiger partial charge in [0.15, 0.2) is 15.5 Å². The SMILES string of the molecule is CS(=O)(=O)c1ccc(Sc2cccnc2C#N)cc1. The molecule has 0 fully saturated rings. The van der Waals surface area contributed by atoms with E-state index in [1.54, 1.807) is 42.6 Å². The van der Waals surface area contributed by atoms with Gasteiger partial charge in [-0.25, -0.2) is 13.4 Å². The predicted molar refractivity (Wildman–Crippen MR) is 72.6 cm³/mol. The van der Waals surface area contributed by atoms with E-state index < -0.39 is 9.84 Å². The van der Waals surface area contributed by atoms with Crippen molar-refractivity contribution in [2.45, 2.75) is 14.7 Å². The third-order valence-corrected chi connectivity index (χ3v) is 4.54. The van der Waals surface area contributed by atoms with Crippen LogP contribution < -0.4 is 0 Å². The summed E-state index contributed by atoms with van der Waals surface area (Å²) < 4.78 is 22.7. The quantitative estimate of drug-likeness (QED) is 0.868. The van der Waals surface area contributed by atoms with Gasteiger partial charge in [0.25, 0.3) is 0 Å². The molecule has 6 heteroatoms. The summed E-state index contributed by atoms with van der Waals surface area (Å²) in [5, 5.41) is 8.94. The maximum Gasteiger partial charge on any atom is 0.175 e. The van der Waals surface area contributed by atoms with E-state index in [-0.39, 0.29) is 4.90 Å². The van der Waals surface area contributed by atoms with Crippen molar-refractivity contribution >= 4 is 21.6 Å². The summed E-state index contributed by atoms with van der Waals surface area (Å²) in [6.07, 6.45) is 2.74. The largest absolute Gasteiger partial charge is 0.244 e. The fourth-order valence-electron chi connectivity index (χ4n) is 1.44. The van der Waals surface area contributed by atoms with Gasteiger partial charge in [-0.2, -0.15) is 5.26 Å². The lowest BCUT2D eigenvalue weighted by Gasteiger charge is -2.04. The molecule has 0 N–H and O–H groups in total. The molecule has 96 valence electrons. The van der Waals surface area contributed by atoms with Crippen molar-refractivity contribution in [2.75, 3.05) is 6.26 Å². The maximum atomic E-state index is 11.3. The second-order valence-corrected chi connectivity index (χ2v) is 6.94. The van der Waals surface area contributed by atoms with Crippen molar-refractivity contribution in [1.29, 1.82) is 5.26 Å². The van der Waals surface area contributed by atoms with Gasteiger partial charge < -0.3 is 0 Å². The smallest absolute Gasteiger partial charge is 0.175 e. The van der Waals surface area contributed by atoms with Crippen LogP contribution in [0.15, 0.2) is 57.3 Å². The summed E-state index contributed by atoms with van der Waals surface area (Å²) in [5.74, 6) is 0. The Morgan fingerprint density at radius 2 is 1.89 bits per heavy atom. The summed E-state index contributed by atoms with van der Waals surface area (Å²) in [5.41, 5.74) is 0.361. The highest BCUT2D eigenvalue weighted by Crippen LogP contribution is 2.29. The van der Waals surface area contributed by atoms with Gasteiger partial charge in [-0.3, -0.25) is 0 Å². The minimum Gasteiger partial charge on any atom is -0.244 e. The first-order valence-electron chi connectivity index (χ1n) is 5.34. The zero-order chi connectivity index (χ0) is 13.9. The highest BCUT2D eigenvalue weighted by molar-refractivity contribution is 7.99. The van der Waals surface area contributed by atoms with E-state index in [0.717, 1.165) is 9.79 Å². The maximum absolute atomic E-state index is 11.3. The molecule has 1 heterocycles. The van der Waals surface area contributed by atoms with Gasteiger partial charge in [0, 0.05) is 22.2 Å². The topological polar surface area (TPSA) is 70.8 Å². The third-order valence-electron chi connectivity index (χ3n) is 2.36. The number of aromatic nitrogens is 1. The monoisotopic (exact) mass is 290 g/mol. The number of nitriles is 1. The molecule has 4 nitrogen and oxygen atoms in total. The van der Waals surface area contributed by atoms with E-state index in [4.69, 9.17) is 5.26 Å². The molecular formula is C13H10N2O2S2. The average Bonchev–Trinajstić information content (AvgIpc) is 2.39. The number of hydrogen-bond acceptors (Lipinski definition) is 5. The van der Waals surface area contributed by atoms with Crippen LogP contribution in [0.4, 0.5) is 0 Å². The van der Waals surface area contributed by atoms with Gasteiger partial charge in [0.2, 0.25) is 0 Å². The second-order valence-electron chi connectivity index (χ2n) is 3.81. The van der Waals surface area contributed by atoms with Gasteiger partial charge in [-0.15, -0.1) is 0 Å². The molecule has 0 aliphatic carbocycles. The first-order valence-corrected chi connectivity index (χ1v) is 8.04. The molecule has 0 unspecified atom stereocenters. The van der Waals surface area contributed by atoms with E-state index in [2.05, 4.69) is 4.98 Å². The van der Waals surface area contributed by atoms with Crippen molar-refractivity contribution < 1.29 is 8.42 Å². The average molecular weight is 290 g/mol. The molecule has 0 atom stereocenters. The Bertz CT molecular complexity index is 732. The van der Waals surface area contributed by atoms with Crippen molar-refractivity contribution in [3.8, 4) is 6.07 Å². The summed E-state index contributed by atoms with van der Waals surface area (Å²) in [6.45, 7) is 0. The lowest BCUT2D eigenvalue weighted by Crippen LogP contribution is -1.96. The van der Waals surface area contributed by atoms with E-state index in [1.807, 2.05) is 6.07 Å². The minimum atomic E-state index is -3.18. The molecule has 0 aliphatic heterocycles. The van der Waals surface area contributed by atoms with Crippen LogP contribution in [0.3, 0.4) is 0 Å². The molecule has 2 aromatic rings. The number of rotatable bonds is 3. The Labute approximate surface area is 116 Å². The molecule has 1 aromatic heterocycles. The van der Waals surface area contributed by atoms with Crippen LogP contribution in [0.2, 0.25) is 0 Å². The fourth-order valence-corrected chi connectivity index (χ4v) is 2.94. The fraction of sp³-hybridized carbons (Fsp3) is 0.0769. The van der Waals surface area contributed by atoms with Gasteiger partial charge in [-0.1, -0.05) is 11.8 Å². The van der Waals surface area contributed by atoms with E-state index >= 15 is 0 Å². The standard InChI is InChI=1S/C13H10N2O2S2/c1-19(16,17)11-6-4-10(5-7-11)18-13-3-2-8-15-12(13)9-14/h2-8H,1H3. The Morgan fingerprint density at radius 1 is 1.21 bits per heavy atom. The molecular weight excluding hydrogens is 280 g/mol. The second kappa shape index (κ2) is 5.43. The predicted octanol–water partition coefficient (Wildman–Crippen LogP) is 2.51. The lowest BCUT2D eigenvalue weighted by atomic mass is 10.4. The van der Waals surface area contributed by atoms with Crippen molar-refractivity contribution in [1.82, 2.24) is 4.98 Å². The van der Waals surface area contributed by atoms with Crippen LogP contribution in [0.5, 0.6) is 0 Å². The molecule has 0 aliphatic rings. The summed E-state index contributed by atoms with van der Waals surface area (Å²) in [6, 6.07) is 12.1. The van der Waals surface area contributed by atoms with Gasteiger partial charge >= 0.3 is 0 Å². The summed E-state index contributed by atoms with van der Waals surface area (Å²) >= 11 is 1.38. The number of nitrogens with zero attached hydrogens (tertiary/aromatic N) is 2. The molecule has 0 amide bonds. The van der Waals surface area contributed by atoms with E-state index in [1.165, 1.54) is 18.0 Å². The zero-order valence-corrected chi connectivity index (χ0v) is 11.7. The first kappa shape index (κ1) is 13.6. The van der Waals surface area contributed by atoms with Crippen LogP contribution in [0.1, 0.15) is 5.69 Å². The van der Waals surface area contributed by atoms with E-state index in [9.17, 15) is 8.42 Å².